The molecule has 0 bridgehead atoms. The van der Waals surface area contributed by atoms with Crippen molar-refractivity contribution in [2.24, 2.45) is 0 Å². The van der Waals surface area contributed by atoms with E-state index in [2.05, 4.69) is 48.3 Å². The van der Waals surface area contributed by atoms with E-state index in [0.29, 0.717) is 12.2 Å². The minimum absolute atomic E-state index is 0.315. The molecule has 94 valence electrons. The van der Waals surface area contributed by atoms with Gasteiger partial charge in [0.25, 0.3) is 0 Å². The maximum Gasteiger partial charge on any atom is 0.0726 e. The first-order valence-corrected chi connectivity index (χ1v) is 6.33. The highest BCUT2D eigenvalue weighted by molar-refractivity contribution is 5.48. The van der Waals surface area contributed by atoms with E-state index in [1.807, 2.05) is 7.05 Å². The first-order chi connectivity index (χ1) is 8.19. The number of nitrogens with one attached hydrogen (secondary N) is 1. The predicted octanol–water partition coefficient (Wildman–Crippen LogP) is 2.02. The zero-order valence-electron chi connectivity index (χ0n) is 10.9. The lowest BCUT2D eigenvalue weighted by Gasteiger charge is -2.36. The van der Waals surface area contributed by atoms with Gasteiger partial charge < -0.3 is 15.0 Å². The quantitative estimate of drug-likeness (QED) is 0.866. The lowest BCUT2D eigenvalue weighted by atomic mass is 10.1. The summed E-state index contributed by atoms with van der Waals surface area (Å²) in [6.07, 6.45) is 0.631. The Morgan fingerprint density at radius 3 is 2.29 bits per heavy atom. The molecule has 1 aliphatic heterocycles. The predicted molar refractivity (Wildman–Crippen MR) is 71.4 cm³/mol. The van der Waals surface area contributed by atoms with Gasteiger partial charge in [-0.3, -0.25) is 0 Å². The molecule has 2 atom stereocenters. The van der Waals surface area contributed by atoms with Crippen LogP contribution < -0.4 is 10.2 Å². The number of hydrogen-bond acceptors (Lipinski definition) is 3. The van der Waals surface area contributed by atoms with Gasteiger partial charge in [0.15, 0.2) is 0 Å². The van der Waals surface area contributed by atoms with E-state index in [0.717, 1.165) is 19.6 Å². The Morgan fingerprint density at radius 1 is 1.18 bits per heavy atom. The van der Waals surface area contributed by atoms with Crippen LogP contribution in [0, 0.1) is 0 Å². The Kier molecular flexibility index (Phi) is 4.02. The van der Waals surface area contributed by atoms with E-state index in [1.54, 1.807) is 0 Å². The van der Waals surface area contributed by atoms with Gasteiger partial charge in [0.1, 0.15) is 0 Å². The highest BCUT2D eigenvalue weighted by Crippen LogP contribution is 2.20. The average Bonchev–Trinajstić information content (AvgIpc) is 2.29. The largest absolute Gasteiger partial charge is 0.372 e. The van der Waals surface area contributed by atoms with Crippen LogP contribution in [0.5, 0.6) is 0 Å². The molecule has 1 aromatic carbocycles. The number of ether oxygens (including phenoxy) is 1. The average molecular weight is 234 g/mol. The molecule has 1 N–H and O–H groups in total. The molecule has 2 rings (SSSR count). The van der Waals surface area contributed by atoms with Crippen LogP contribution >= 0.6 is 0 Å². The normalized spacial score (nSPS) is 25.0. The fourth-order valence-electron chi connectivity index (χ4n) is 2.42. The van der Waals surface area contributed by atoms with E-state index in [9.17, 15) is 0 Å². The zero-order valence-corrected chi connectivity index (χ0v) is 10.9. The Balaban J connectivity index is 2.06. The summed E-state index contributed by atoms with van der Waals surface area (Å²) in [5, 5.41) is 3.16. The van der Waals surface area contributed by atoms with Crippen molar-refractivity contribution < 1.29 is 4.74 Å². The molecule has 17 heavy (non-hydrogen) atoms. The van der Waals surface area contributed by atoms with E-state index >= 15 is 0 Å². The second-order valence-corrected chi connectivity index (χ2v) is 4.86. The van der Waals surface area contributed by atoms with Crippen molar-refractivity contribution in [3.63, 3.8) is 0 Å². The molecule has 0 amide bonds. The van der Waals surface area contributed by atoms with Crippen LogP contribution in [0.15, 0.2) is 24.3 Å². The van der Waals surface area contributed by atoms with E-state index in [4.69, 9.17) is 4.74 Å². The molecule has 1 fully saturated rings. The molecule has 0 aromatic heterocycles. The van der Waals surface area contributed by atoms with Crippen LogP contribution in [0.3, 0.4) is 0 Å². The van der Waals surface area contributed by atoms with Crippen LogP contribution in [-0.2, 0) is 11.3 Å². The van der Waals surface area contributed by atoms with E-state index in [1.165, 1.54) is 11.3 Å². The topological polar surface area (TPSA) is 24.5 Å². The molecular formula is C14H22N2O. The Morgan fingerprint density at radius 2 is 1.76 bits per heavy atom. The van der Waals surface area contributed by atoms with Gasteiger partial charge in [0, 0.05) is 25.3 Å². The van der Waals surface area contributed by atoms with Crippen LogP contribution in [0.2, 0.25) is 0 Å². The first kappa shape index (κ1) is 12.4. The highest BCUT2D eigenvalue weighted by atomic mass is 16.5. The molecule has 3 heteroatoms. The molecule has 0 aliphatic carbocycles. The van der Waals surface area contributed by atoms with Crippen molar-refractivity contribution in [3.8, 4) is 0 Å². The van der Waals surface area contributed by atoms with Crippen molar-refractivity contribution in [2.75, 3.05) is 25.0 Å². The molecule has 1 saturated heterocycles. The highest BCUT2D eigenvalue weighted by Gasteiger charge is 2.22. The van der Waals surface area contributed by atoms with Gasteiger partial charge in [-0.25, -0.2) is 0 Å². The molecule has 0 radical (unpaired) electrons. The molecular weight excluding hydrogens is 212 g/mol. The van der Waals surface area contributed by atoms with E-state index < -0.39 is 0 Å². The van der Waals surface area contributed by atoms with Crippen molar-refractivity contribution in [3.05, 3.63) is 29.8 Å². The monoisotopic (exact) mass is 234 g/mol. The van der Waals surface area contributed by atoms with Crippen LogP contribution in [-0.4, -0.2) is 32.3 Å². The number of rotatable bonds is 3. The second kappa shape index (κ2) is 5.52. The third-order valence-electron chi connectivity index (χ3n) is 3.10. The van der Waals surface area contributed by atoms with Gasteiger partial charge in [-0.1, -0.05) is 12.1 Å². The minimum Gasteiger partial charge on any atom is -0.372 e. The Hall–Kier alpha value is -1.06. The fraction of sp³-hybridized carbons (Fsp3) is 0.571. The van der Waals surface area contributed by atoms with Gasteiger partial charge >= 0.3 is 0 Å². The van der Waals surface area contributed by atoms with Gasteiger partial charge in [0.05, 0.1) is 12.2 Å². The van der Waals surface area contributed by atoms with Crippen LogP contribution in [0.4, 0.5) is 5.69 Å². The lowest BCUT2D eigenvalue weighted by molar-refractivity contribution is -0.00521. The lowest BCUT2D eigenvalue weighted by Crippen LogP contribution is -2.45. The molecule has 0 unspecified atom stereocenters. The Bertz CT molecular complexity index is 340. The third kappa shape index (κ3) is 3.20. The van der Waals surface area contributed by atoms with Gasteiger partial charge in [-0.15, -0.1) is 0 Å². The number of morpholine rings is 1. The smallest absolute Gasteiger partial charge is 0.0726 e. The van der Waals surface area contributed by atoms with Crippen molar-refractivity contribution in [1.82, 2.24) is 5.32 Å². The SMILES string of the molecule is CNCc1ccc(N2C[C@@H](C)O[C@@H](C)C2)cc1. The third-order valence-corrected chi connectivity index (χ3v) is 3.10. The molecule has 0 spiro atoms. The molecule has 3 nitrogen and oxygen atoms in total. The molecule has 0 saturated carbocycles. The first-order valence-electron chi connectivity index (χ1n) is 6.33. The number of anilines is 1. The summed E-state index contributed by atoms with van der Waals surface area (Å²) >= 11 is 0. The van der Waals surface area contributed by atoms with Crippen molar-refractivity contribution in [2.45, 2.75) is 32.6 Å². The minimum atomic E-state index is 0.315. The molecule has 1 aliphatic rings. The van der Waals surface area contributed by atoms with E-state index in [-0.39, 0.29) is 0 Å². The van der Waals surface area contributed by atoms with Crippen LogP contribution in [0.1, 0.15) is 19.4 Å². The van der Waals surface area contributed by atoms with Crippen molar-refractivity contribution >= 4 is 5.69 Å². The molecule has 1 heterocycles. The summed E-state index contributed by atoms with van der Waals surface area (Å²) < 4.78 is 5.75. The zero-order chi connectivity index (χ0) is 12.3. The standard InChI is InChI=1S/C14H22N2O/c1-11-9-16(10-12(2)17-11)14-6-4-13(5-7-14)8-15-3/h4-7,11-12,15H,8-10H2,1-3H3/t11-,12+. The molecule has 1 aromatic rings. The number of nitrogens with zero attached hydrogens (tertiary/aromatic N) is 1. The maximum absolute atomic E-state index is 5.75. The van der Waals surface area contributed by atoms with Gasteiger partial charge in [0.2, 0.25) is 0 Å². The van der Waals surface area contributed by atoms with Gasteiger partial charge in [-0.05, 0) is 38.6 Å². The van der Waals surface area contributed by atoms with Gasteiger partial charge in [-0.2, -0.15) is 0 Å². The Labute approximate surface area is 104 Å². The summed E-state index contributed by atoms with van der Waals surface area (Å²) in [6.45, 7) is 7.16. The summed E-state index contributed by atoms with van der Waals surface area (Å²) in [5.74, 6) is 0. The summed E-state index contributed by atoms with van der Waals surface area (Å²) in [7, 11) is 1.97. The fourth-order valence-corrected chi connectivity index (χ4v) is 2.42. The summed E-state index contributed by atoms with van der Waals surface area (Å²) in [6, 6.07) is 8.79. The van der Waals surface area contributed by atoms with Crippen molar-refractivity contribution in [1.29, 1.82) is 0 Å². The summed E-state index contributed by atoms with van der Waals surface area (Å²) in [5.41, 5.74) is 2.62. The van der Waals surface area contributed by atoms with Crippen LogP contribution in [0.25, 0.3) is 0 Å². The summed E-state index contributed by atoms with van der Waals surface area (Å²) in [4.78, 5) is 2.40. The number of hydrogen-bond donors (Lipinski definition) is 1. The second-order valence-electron chi connectivity index (χ2n) is 4.86. The number of benzene rings is 1. The maximum atomic E-state index is 5.75.